The van der Waals surface area contributed by atoms with Gasteiger partial charge in [-0.3, -0.25) is 19.7 Å². The average Bonchev–Trinajstić information content (AvgIpc) is 2.77. The lowest BCUT2D eigenvalue weighted by molar-refractivity contribution is -0.384. The van der Waals surface area contributed by atoms with Gasteiger partial charge in [0.05, 0.1) is 10.8 Å². The number of hydrogen-bond donors (Lipinski definition) is 1. The maximum absolute atomic E-state index is 13.3. The molecule has 3 aliphatic rings. The van der Waals surface area contributed by atoms with Crippen molar-refractivity contribution in [3.63, 3.8) is 0 Å². The van der Waals surface area contributed by atoms with Crippen LogP contribution in [-0.4, -0.2) is 34.5 Å². The van der Waals surface area contributed by atoms with Gasteiger partial charge in [0.2, 0.25) is 5.91 Å². The van der Waals surface area contributed by atoms with Crippen molar-refractivity contribution in [2.45, 2.75) is 45.2 Å². The Balaban J connectivity index is 1.58. The van der Waals surface area contributed by atoms with Gasteiger partial charge in [-0.1, -0.05) is 19.9 Å². The third kappa shape index (κ3) is 3.38. The van der Waals surface area contributed by atoms with Gasteiger partial charge in [0.1, 0.15) is 0 Å². The highest BCUT2D eigenvalue weighted by molar-refractivity contribution is 5.82. The number of carbonyl (C=O) groups is 1. The fourth-order valence-electron chi connectivity index (χ4n) is 5.89. The zero-order valence-corrected chi connectivity index (χ0v) is 18.4. The molecule has 0 saturated carbocycles. The molecular formula is C24H28N4O4. The Morgan fingerprint density at radius 1 is 1.25 bits per heavy atom. The van der Waals surface area contributed by atoms with Crippen LogP contribution in [-0.2, 0) is 17.8 Å². The van der Waals surface area contributed by atoms with Gasteiger partial charge in [0, 0.05) is 61.2 Å². The first-order valence-electron chi connectivity index (χ1n) is 11.3. The molecule has 4 heterocycles. The van der Waals surface area contributed by atoms with Crippen molar-refractivity contribution < 1.29 is 9.72 Å². The van der Waals surface area contributed by atoms with Crippen molar-refractivity contribution in [2.75, 3.05) is 18.0 Å². The maximum Gasteiger partial charge on any atom is 0.269 e. The summed E-state index contributed by atoms with van der Waals surface area (Å²) in [5, 5.41) is 14.5. The lowest BCUT2D eigenvalue weighted by Crippen LogP contribution is -2.61. The summed E-state index contributed by atoms with van der Waals surface area (Å²) in [6.45, 7) is 6.01. The first-order chi connectivity index (χ1) is 15.3. The number of rotatable bonds is 4. The summed E-state index contributed by atoms with van der Waals surface area (Å²) in [5.41, 5.74) is 2.94. The van der Waals surface area contributed by atoms with Gasteiger partial charge < -0.3 is 14.8 Å². The minimum Gasteiger partial charge on any atom is -0.366 e. The molecule has 4 atom stereocenters. The molecule has 1 N–H and O–H groups in total. The first-order valence-corrected chi connectivity index (χ1v) is 11.3. The fraction of sp³-hybridized carbons (Fsp3) is 0.500. The first kappa shape index (κ1) is 20.7. The molecule has 168 valence electrons. The predicted molar refractivity (Wildman–Crippen MR) is 121 cm³/mol. The largest absolute Gasteiger partial charge is 0.366 e. The van der Waals surface area contributed by atoms with Gasteiger partial charge in [-0.05, 0) is 42.4 Å². The van der Waals surface area contributed by atoms with Crippen LogP contribution in [0.3, 0.4) is 0 Å². The molecule has 32 heavy (non-hydrogen) atoms. The molecule has 1 aromatic carbocycles. The van der Waals surface area contributed by atoms with Crippen molar-refractivity contribution in [1.82, 2.24) is 9.88 Å². The number of nitrogens with one attached hydrogen (secondary N) is 1. The van der Waals surface area contributed by atoms with E-state index in [2.05, 4.69) is 24.1 Å². The third-order valence-electron chi connectivity index (χ3n) is 7.22. The van der Waals surface area contributed by atoms with Crippen LogP contribution in [0.4, 0.5) is 11.4 Å². The van der Waals surface area contributed by atoms with Crippen LogP contribution < -0.4 is 15.8 Å². The van der Waals surface area contributed by atoms with E-state index in [1.807, 2.05) is 22.8 Å². The Bertz CT molecular complexity index is 1140. The number of piperidine rings is 1. The Hall–Kier alpha value is -3.16. The van der Waals surface area contributed by atoms with E-state index in [9.17, 15) is 19.7 Å². The standard InChI is InChI=1S/C24H28N4O4/c1-14(2)11-25-24(30)19-10-15-9-18(28(31)32)6-7-21(15)27-12-16-8-17(23(19)27)13-26-20(16)4-3-5-22(26)29/h3-7,9,14,16-17,19,23H,8,10-13H2,1-2H3,(H,25,30)/t16?,17?,19-,23+/m1/s1. The van der Waals surface area contributed by atoms with E-state index in [0.29, 0.717) is 32.0 Å². The lowest BCUT2D eigenvalue weighted by Gasteiger charge is -2.54. The monoisotopic (exact) mass is 436 g/mol. The molecule has 0 aliphatic carbocycles. The molecule has 8 heteroatoms. The fourth-order valence-corrected chi connectivity index (χ4v) is 5.89. The summed E-state index contributed by atoms with van der Waals surface area (Å²) in [6.07, 6.45) is 1.42. The second-order valence-electron chi connectivity index (χ2n) is 9.75. The van der Waals surface area contributed by atoms with Gasteiger partial charge >= 0.3 is 0 Å². The van der Waals surface area contributed by atoms with Crippen LogP contribution in [0.5, 0.6) is 0 Å². The molecule has 2 bridgehead atoms. The lowest BCUT2D eigenvalue weighted by atomic mass is 9.70. The number of nitrogens with zero attached hydrogens (tertiary/aromatic N) is 3. The van der Waals surface area contributed by atoms with Crippen LogP contribution in [0.25, 0.3) is 0 Å². The number of pyridine rings is 1. The molecule has 1 aromatic heterocycles. The zero-order chi connectivity index (χ0) is 22.6. The van der Waals surface area contributed by atoms with Gasteiger partial charge in [-0.15, -0.1) is 0 Å². The van der Waals surface area contributed by atoms with Crippen LogP contribution >= 0.6 is 0 Å². The Labute approximate surface area is 186 Å². The van der Waals surface area contributed by atoms with Crippen molar-refractivity contribution in [3.8, 4) is 0 Å². The topological polar surface area (TPSA) is 97.5 Å². The Morgan fingerprint density at radius 3 is 2.81 bits per heavy atom. The summed E-state index contributed by atoms with van der Waals surface area (Å²) < 4.78 is 1.88. The third-order valence-corrected chi connectivity index (χ3v) is 7.22. The minimum absolute atomic E-state index is 0.00416. The Kier molecular flexibility index (Phi) is 5.03. The summed E-state index contributed by atoms with van der Waals surface area (Å²) in [5.74, 6) is 0.382. The van der Waals surface area contributed by atoms with Crippen molar-refractivity contribution in [3.05, 3.63) is 68.1 Å². The highest BCUT2D eigenvalue weighted by Gasteiger charge is 2.49. The number of hydrogen-bond acceptors (Lipinski definition) is 5. The molecule has 1 amide bonds. The van der Waals surface area contributed by atoms with Gasteiger partial charge in [0.15, 0.2) is 0 Å². The smallest absolute Gasteiger partial charge is 0.269 e. The van der Waals surface area contributed by atoms with Crippen LogP contribution in [0.15, 0.2) is 41.2 Å². The van der Waals surface area contributed by atoms with E-state index in [4.69, 9.17) is 0 Å². The van der Waals surface area contributed by atoms with Gasteiger partial charge in [0.25, 0.3) is 11.2 Å². The highest BCUT2D eigenvalue weighted by atomic mass is 16.6. The van der Waals surface area contributed by atoms with Crippen LogP contribution in [0.1, 0.15) is 37.4 Å². The van der Waals surface area contributed by atoms with Crippen molar-refractivity contribution in [2.24, 2.45) is 17.8 Å². The van der Waals surface area contributed by atoms with Gasteiger partial charge in [-0.2, -0.15) is 0 Å². The second-order valence-corrected chi connectivity index (χ2v) is 9.75. The second kappa shape index (κ2) is 7.76. The molecule has 1 fully saturated rings. The Morgan fingerprint density at radius 2 is 2.06 bits per heavy atom. The highest BCUT2D eigenvalue weighted by Crippen LogP contribution is 2.47. The van der Waals surface area contributed by atoms with E-state index in [0.717, 1.165) is 23.4 Å². The van der Waals surface area contributed by atoms with E-state index in [-0.39, 0.29) is 45.9 Å². The van der Waals surface area contributed by atoms with Crippen LogP contribution in [0, 0.1) is 27.9 Å². The van der Waals surface area contributed by atoms with E-state index in [1.165, 1.54) is 0 Å². The zero-order valence-electron chi connectivity index (χ0n) is 18.4. The molecular weight excluding hydrogens is 408 g/mol. The quantitative estimate of drug-likeness (QED) is 0.587. The number of anilines is 1. The molecule has 0 radical (unpaired) electrons. The minimum atomic E-state index is -0.381. The number of nitro groups is 1. The summed E-state index contributed by atoms with van der Waals surface area (Å²) >= 11 is 0. The van der Waals surface area contributed by atoms with Crippen molar-refractivity contribution in [1.29, 1.82) is 0 Å². The number of fused-ring (bicyclic) bond motifs is 8. The normalized spacial score (nSPS) is 25.5. The molecule has 2 unspecified atom stereocenters. The summed E-state index contributed by atoms with van der Waals surface area (Å²) in [4.78, 5) is 39.2. The molecule has 1 saturated heterocycles. The molecule has 8 nitrogen and oxygen atoms in total. The number of non-ortho nitro benzene ring substituents is 1. The average molecular weight is 437 g/mol. The predicted octanol–water partition coefficient (Wildman–Crippen LogP) is 2.69. The molecule has 3 aliphatic heterocycles. The number of nitro benzene ring substituents is 1. The number of amides is 1. The van der Waals surface area contributed by atoms with E-state index < -0.39 is 0 Å². The number of carbonyl (C=O) groups excluding carboxylic acids is 1. The molecule has 5 rings (SSSR count). The maximum atomic E-state index is 13.3. The SMILES string of the molecule is CC(C)CNC(=O)[C@@H]1Cc2cc([N+](=O)[O-])ccc2N2CC3CC(Cn4c3cccc4=O)[C@@H]12. The van der Waals surface area contributed by atoms with E-state index >= 15 is 0 Å². The number of benzene rings is 1. The molecule has 0 spiro atoms. The van der Waals surface area contributed by atoms with Crippen molar-refractivity contribution >= 4 is 17.3 Å². The van der Waals surface area contributed by atoms with Crippen LogP contribution in [0.2, 0.25) is 0 Å². The molecule has 2 aromatic rings. The van der Waals surface area contributed by atoms with E-state index in [1.54, 1.807) is 18.2 Å². The van der Waals surface area contributed by atoms with Gasteiger partial charge in [-0.25, -0.2) is 0 Å². The number of aromatic nitrogens is 1. The summed E-state index contributed by atoms with van der Waals surface area (Å²) in [6, 6.07) is 10.4. The summed E-state index contributed by atoms with van der Waals surface area (Å²) in [7, 11) is 0.